The molecule has 6 nitrogen and oxygen atoms in total. The van der Waals surface area contributed by atoms with Gasteiger partial charge in [0, 0.05) is 19.3 Å². The molecule has 0 aromatic carbocycles. The van der Waals surface area contributed by atoms with Crippen LogP contribution in [0.5, 0.6) is 0 Å². The van der Waals surface area contributed by atoms with Crippen LogP contribution in [-0.2, 0) is 28.6 Å². The normalized spacial score (nSPS) is 12.2. The molecule has 0 aliphatic rings. The number of ether oxygens (including phenoxy) is 3. The smallest absolute Gasteiger partial charge is 0.306 e. The van der Waals surface area contributed by atoms with Gasteiger partial charge in [0.1, 0.15) is 13.2 Å². The van der Waals surface area contributed by atoms with Crippen molar-refractivity contribution < 1.29 is 28.6 Å². The maximum Gasteiger partial charge on any atom is 0.306 e. The first kappa shape index (κ1) is 75.6. The van der Waals surface area contributed by atoms with E-state index < -0.39 is 6.10 Å². The summed E-state index contributed by atoms with van der Waals surface area (Å²) in [6, 6.07) is 0. The van der Waals surface area contributed by atoms with Crippen LogP contribution in [0.1, 0.15) is 387 Å². The van der Waals surface area contributed by atoms with E-state index in [0.717, 1.165) is 83.5 Å². The van der Waals surface area contributed by atoms with E-state index in [4.69, 9.17) is 14.2 Å². The number of allylic oxidation sites excluding steroid dienone is 6. The molecule has 0 N–H and O–H groups in total. The van der Waals surface area contributed by atoms with Crippen LogP contribution in [-0.4, -0.2) is 37.2 Å². The van der Waals surface area contributed by atoms with E-state index in [1.165, 1.54) is 263 Å². The Labute approximate surface area is 486 Å². The quantitative estimate of drug-likeness (QED) is 0.0261. The lowest BCUT2D eigenvalue weighted by Crippen LogP contribution is -2.30. The summed E-state index contributed by atoms with van der Waals surface area (Å²) in [5.41, 5.74) is 0. The summed E-state index contributed by atoms with van der Waals surface area (Å²) in [6.45, 7) is 6.58. The van der Waals surface area contributed by atoms with E-state index >= 15 is 0 Å². The van der Waals surface area contributed by atoms with Gasteiger partial charge in [0.25, 0.3) is 0 Å². The highest BCUT2D eigenvalue weighted by molar-refractivity contribution is 5.71. The second-order valence-corrected chi connectivity index (χ2v) is 23.8. The topological polar surface area (TPSA) is 78.9 Å². The highest BCUT2D eigenvalue weighted by Crippen LogP contribution is 2.19. The zero-order valence-corrected chi connectivity index (χ0v) is 52.7. The summed E-state index contributed by atoms with van der Waals surface area (Å²) in [4.78, 5) is 38.4. The molecule has 0 spiro atoms. The molecule has 1 atom stereocenters. The summed E-state index contributed by atoms with van der Waals surface area (Å²) >= 11 is 0. The summed E-state index contributed by atoms with van der Waals surface area (Å²) in [7, 11) is 0. The van der Waals surface area contributed by atoms with Gasteiger partial charge >= 0.3 is 17.9 Å². The molecule has 78 heavy (non-hydrogen) atoms. The third-order valence-electron chi connectivity index (χ3n) is 15.9. The van der Waals surface area contributed by atoms with Crippen LogP contribution in [0.4, 0.5) is 0 Å². The molecular weight excluding hydrogens is 961 g/mol. The Balaban J connectivity index is 4.20. The lowest BCUT2D eigenvalue weighted by Gasteiger charge is -2.18. The SMILES string of the molecule is CC/C=C\C/C=C\C/C=C\CCCCCC(=O)OCC(COC(=O)CCCCCCCCCCCCCCCCCCCCCCCCCCCCC)OC(=O)CCCCCCCCCCCCCCCCCCCCCC. The van der Waals surface area contributed by atoms with Crippen molar-refractivity contribution >= 4 is 17.9 Å². The summed E-state index contributed by atoms with van der Waals surface area (Å²) in [5.74, 6) is -0.878. The Morgan fingerprint density at radius 1 is 0.269 bits per heavy atom. The third kappa shape index (κ3) is 64.5. The number of esters is 3. The molecular formula is C72H134O6. The minimum Gasteiger partial charge on any atom is -0.462 e. The minimum absolute atomic E-state index is 0.0758. The van der Waals surface area contributed by atoms with Gasteiger partial charge in [-0.2, -0.15) is 0 Å². The molecule has 0 radical (unpaired) electrons. The molecule has 0 aromatic heterocycles. The fourth-order valence-corrected chi connectivity index (χ4v) is 10.7. The number of hydrogen-bond acceptors (Lipinski definition) is 6. The number of rotatable bonds is 65. The first-order chi connectivity index (χ1) is 38.5. The van der Waals surface area contributed by atoms with Crippen LogP contribution in [0.3, 0.4) is 0 Å². The van der Waals surface area contributed by atoms with E-state index in [2.05, 4.69) is 57.2 Å². The molecule has 0 saturated heterocycles. The van der Waals surface area contributed by atoms with Gasteiger partial charge in [-0.3, -0.25) is 14.4 Å². The Kier molecular flexibility index (Phi) is 65.1. The first-order valence-electron chi connectivity index (χ1n) is 35.0. The molecule has 0 rings (SSSR count). The van der Waals surface area contributed by atoms with Crippen LogP contribution in [0.2, 0.25) is 0 Å². The predicted molar refractivity (Wildman–Crippen MR) is 339 cm³/mol. The Morgan fingerprint density at radius 3 is 0.782 bits per heavy atom. The standard InChI is InChI=1S/C72H134O6/c1-4-7-10-13-16-19-22-25-27-29-31-33-34-35-36-37-38-39-41-42-44-47-50-53-56-59-62-65-71(74)77-68-69(67-76-70(73)64-61-58-55-52-49-46-24-21-18-15-12-9-6-3)78-72(75)66-63-60-57-54-51-48-45-43-40-32-30-28-26-23-20-17-14-11-8-5-2/h9,12,18,21,46,49,69H,4-8,10-11,13-17,19-20,22-45,47-48,50-68H2,1-3H3/b12-9-,21-18-,49-46-. The number of hydrogen-bond donors (Lipinski definition) is 0. The molecule has 458 valence electrons. The molecule has 0 bridgehead atoms. The Bertz CT molecular complexity index is 1300. The molecule has 0 fully saturated rings. The van der Waals surface area contributed by atoms with E-state index in [-0.39, 0.29) is 31.1 Å². The van der Waals surface area contributed by atoms with Gasteiger partial charge in [0.2, 0.25) is 0 Å². The van der Waals surface area contributed by atoms with Gasteiger partial charge in [-0.25, -0.2) is 0 Å². The number of unbranched alkanes of at least 4 members (excludes halogenated alkanes) is 48. The molecule has 0 amide bonds. The van der Waals surface area contributed by atoms with E-state index in [1.54, 1.807) is 0 Å². The van der Waals surface area contributed by atoms with Crippen molar-refractivity contribution in [3.8, 4) is 0 Å². The van der Waals surface area contributed by atoms with Crippen molar-refractivity contribution in [3.05, 3.63) is 36.5 Å². The zero-order valence-electron chi connectivity index (χ0n) is 52.7. The van der Waals surface area contributed by atoms with Crippen molar-refractivity contribution in [2.45, 2.75) is 393 Å². The van der Waals surface area contributed by atoms with Gasteiger partial charge < -0.3 is 14.2 Å². The Hall–Kier alpha value is -2.37. The van der Waals surface area contributed by atoms with Crippen molar-refractivity contribution in [2.24, 2.45) is 0 Å². The van der Waals surface area contributed by atoms with Crippen molar-refractivity contribution in [1.82, 2.24) is 0 Å². The minimum atomic E-state index is -0.781. The fourth-order valence-electron chi connectivity index (χ4n) is 10.7. The van der Waals surface area contributed by atoms with Gasteiger partial charge in [-0.1, -0.05) is 353 Å². The van der Waals surface area contributed by atoms with Crippen LogP contribution in [0, 0.1) is 0 Å². The Morgan fingerprint density at radius 2 is 0.500 bits per heavy atom. The number of carbonyl (C=O) groups is 3. The van der Waals surface area contributed by atoms with E-state index in [1.807, 2.05) is 0 Å². The average molecular weight is 1100 g/mol. The van der Waals surface area contributed by atoms with Crippen LogP contribution < -0.4 is 0 Å². The van der Waals surface area contributed by atoms with Crippen molar-refractivity contribution in [2.75, 3.05) is 13.2 Å². The largest absolute Gasteiger partial charge is 0.462 e. The van der Waals surface area contributed by atoms with Gasteiger partial charge in [0.15, 0.2) is 6.10 Å². The summed E-state index contributed by atoms with van der Waals surface area (Å²) < 4.78 is 17.0. The van der Waals surface area contributed by atoms with E-state index in [0.29, 0.717) is 19.3 Å². The highest BCUT2D eigenvalue weighted by Gasteiger charge is 2.19. The van der Waals surface area contributed by atoms with Crippen LogP contribution in [0.15, 0.2) is 36.5 Å². The first-order valence-corrected chi connectivity index (χ1v) is 35.0. The summed E-state index contributed by atoms with van der Waals surface area (Å²) in [5, 5.41) is 0. The highest BCUT2D eigenvalue weighted by atomic mass is 16.6. The van der Waals surface area contributed by atoms with Crippen molar-refractivity contribution in [3.63, 3.8) is 0 Å². The van der Waals surface area contributed by atoms with Gasteiger partial charge in [-0.05, 0) is 51.4 Å². The molecule has 0 aromatic rings. The summed E-state index contributed by atoms with van der Waals surface area (Å²) in [6.07, 6.45) is 83.3. The maximum absolute atomic E-state index is 12.9. The second kappa shape index (κ2) is 67.1. The average Bonchev–Trinajstić information content (AvgIpc) is 3.44. The lowest BCUT2D eigenvalue weighted by molar-refractivity contribution is -0.167. The number of carbonyl (C=O) groups excluding carboxylic acids is 3. The monoisotopic (exact) mass is 1100 g/mol. The van der Waals surface area contributed by atoms with Crippen molar-refractivity contribution in [1.29, 1.82) is 0 Å². The molecule has 1 unspecified atom stereocenters. The fraction of sp³-hybridized carbons (Fsp3) is 0.875. The maximum atomic E-state index is 12.9. The van der Waals surface area contributed by atoms with Crippen LogP contribution >= 0.6 is 0 Å². The molecule has 6 heteroatoms. The lowest BCUT2D eigenvalue weighted by atomic mass is 10.0. The zero-order chi connectivity index (χ0) is 56.4. The third-order valence-corrected chi connectivity index (χ3v) is 15.9. The molecule has 0 saturated carbocycles. The van der Waals surface area contributed by atoms with E-state index in [9.17, 15) is 14.4 Å². The van der Waals surface area contributed by atoms with Crippen LogP contribution in [0.25, 0.3) is 0 Å². The molecule has 0 aliphatic heterocycles. The van der Waals surface area contributed by atoms with Gasteiger partial charge in [-0.15, -0.1) is 0 Å². The predicted octanol–water partition coefficient (Wildman–Crippen LogP) is 23.9. The second-order valence-electron chi connectivity index (χ2n) is 23.8. The molecule has 0 aliphatic carbocycles. The molecule has 0 heterocycles. The van der Waals surface area contributed by atoms with Gasteiger partial charge in [0.05, 0.1) is 0 Å².